The first kappa shape index (κ1) is 18.2. The summed E-state index contributed by atoms with van der Waals surface area (Å²) in [4.78, 5) is 3.72. The van der Waals surface area contributed by atoms with Crippen LogP contribution in [0.3, 0.4) is 0 Å². The zero-order valence-electron chi connectivity index (χ0n) is 12.7. The molecule has 0 rings (SSSR count). The molecule has 3 heteroatoms. The van der Waals surface area contributed by atoms with Crippen molar-refractivity contribution in [2.75, 3.05) is 19.6 Å². The Morgan fingerprint density at radius 3 is 2.47 bits per heavy atom. The Morgan fingerprint density at radius 2 is 2.00 bits per heavy atom. The molecular weight excluding hydrogens is 252 g/mol. The van der Waals surface area contributed by atoms with Gasteiger partial charge in [-0.1, -0.05) is 25.2 Å². The molecule has 0 heterocycles. The third-order valence-electron chi connectivity index (χ3n) is 2.91. The van der Waals surface area contributed by atoms with Crippen LogP contribution in [0.4, 0.5) is 0 Å². The number of nitrogens with zero attached hydrogens (tertiary/aromatic N) is 2. The molecule has 0 N–H and O–H groups in total. The zero-order chi connectivity index (χ0) is 14.5. The number of allylic oxidation sites excluding steroid dienone is 3. The van der Waals surface area contributed by atoms with Gasteiger partial charge in [0.2, 0.25) is 0 Å². The van der Waals surface area contributed by atoms with Crippen molar-refractivity contribution >= 4 is 18.7 Å². The molecule has 0 radical (unpaired) electrons. The van der Waals surface area contributed by atoms with Crippen molar-refractivity contribution in [2.24, 2.45) is 4.40 Å². The Kier molecular flexibility index (Phi) is 11.7. The predicted molar refractivity (Wildman–Crippen MR) is 90.8 cm³/mol. The number of rotatable bonds is 11. The Hall–Kier alpha value is -0.800. The first-order valence-electron chi connectivity index (χ1n) is 7.01. The molecule has 0 aliphatic rings. The Labute approximate surface area is 123 Å². The van der Waals surface area contributed by atoms with E-state index in [1.807, 2.05) is 6.08 Å². The van der Waals surface area contributed by atoms with Crippen molar-refractivity contribution in [1.82, 2.24) is 4.90 Å². The molecule has 108 valence electrons. The highest BCUT2D eigenvalue weighted by Crippen LogP contribution is 2.25. The highest BCUT2D eigenvalue weighted by molar-refractivity contribution is 8.02. The molecule has 0 bridgehead atoms. The van der Waals surface area contributed by atoms with Crippen molar-refractivity contribution in [3.8, 4) is 0 Å². The van der Waals surface area contributed by atoms with Crippen molar-refractivity contribution in [2.45, 2.75) is 40.0 Å². The Bertz CT molecular complexity index is 319. The fourth-order valence-corrected chi connectivity index (χ4v) is 2.51. The van der Waals surface area contributed by atoms with E-state index in [2.05, 4.69) is 55.5 Å². The van der Waals surface area contributed by atoms with E-state index in [0.29, 0.717) is 0 Å². The van der Waals surface area contributed by atoms with Crippen LogP contribution in [0.2, 0.25) is 0 Å². The van der Waals surface area contributed by atoms with Gasteiger partial charge < -0.3 is 0 Å². The van der Waals surface area contributed by atoms with E-state index in [9.17, 15) is 0 Å². The van der Waals surface area contributed by atoms with Gasteiger partial charge in [0, 0.05) is 23.4 Å². The minimum atomic E-state index is 0.990. The second kappa shape index (κ2) is 12.2. The van der Waals surface area contributed by atoms with E-state index in [1.165, 1.54) is 35.3 Å². The molecule has 0 saturated carbocycles. The molecule has 0 spiro atoms. The first-order chi connectivity index (χ1) is 9.23. The summed E-state index contributed by atoms with van der Waals surface area (Å²) >= 11 is 1.46. The number of hydrogen-bond acceptors (Lipinski definition) is 3. The van der Waals surface area contributed by atoms with Crippen molar-refractivity contribution in [1.29, 1.82) is 0 Å². The van der Waals surface area contributed by atoms with Crippen LogP contribution in [-0.2, 0) is 0 Å². The summed E-state index contributed by atoms with van der Waals surface area (Å²) in [5, 5.41) is 0. The fourth-order valence-electron chi connectivity index (χ4n) is 1.96. The zero-order valence-corrected chi connectivity index (χ0v) is 13.5. The molecule has 0 aromatic heterocycles. The van der Waals surface area contributed by atoms with E-state index in [0.717, 1.165) is 26.1 Å². The van der Waals surface area contributed by atoms with Gasteiger partial charge in [0.15, 0.2) is 0 Å². The van der Waals surface area contributed by atoms with Gasteiger partial charge >= 0.3 is 0 Å². The lowest BCUT2D eigenvalue weighted by atomic mass is 10.2. The van der Waals surface area contributed by atoms with Crippen LogP contribution in [0.15, 0.2) is 39.7 Å². The van der Waals surface area contributed by atoms with Gasteiger partial charge in [-0.2, -0.15) is 0 Å². The van der Waals surface area contributed by atoms with Gasteiger partial charge in [0.05, 0.1) is 0 Å². The molecule has 0 aromatic carbocycles. The standard InChI is InChI=1S/C16H28N2S/c1-6-10-11-13-18(12-7-2)14-15(8-3)16(9-4)19-17-5/h6,8-9H,1,5,7,10-14H2,2-4H3/b15-8-,16-9+. The average Bonchev–Trinajstić information content (AvgIpc) is 2.42. The van der Waals surface area contributed by atoms with Crippen LogP contribution in [-0.4, -0.2) is 31.3 Å². The van der Waals surface area contributed by atoms with Gasteiger partial charge in [-0.25, -0.2) is 4.40 Å². The third-order valence-corrected chi connectivity index (χ3v) is 3.73. The molecule has 2 nitrogen and oxygen atoms in total. The smallest absolute Gasteiger partial charge is 0.0304 e. The average molecular weight is 280 g/mol. The lowest BCUT2D eigenvalue weighted by molar-refractivity contribution is 0.295. The van der Waals surface area contributed by atoms with E-state index >= 15 is 0 Å². The molecule has 19 heavy (non-hydrogen) atoms. The molecule has 0 atom stereocenters. The minimum Gasteiger partial charge on any atom is -0.299 e. The molecule has 0 aliphatic heterocycles. The predicted octanol–water partition coefficient (Wildman–Crippen LogP) is 4.86. The van der Waals surface area contributed by atoms with Gasteiger partial charge in [-0.3, -0.25) is 4.90 Å². The van der Waals surface area contributed by atoms with Gasteiger partial charge in [-0.05, 0) is 58.5 Å². The quantitative estimate of drug-likeness (QED) is 0.176. The highest BCUT2D eigenvalue weighted by atomic mass is 32.2. The van der Waals surface area contributed by atoms with E-state index in [-0.39, 0.29) is 0 Å². The van der Waals surface area contributed by atoms with Gasteiger partial charge in [0.1, 0.15) is 0 Å². The van der Waals surface area contributed by atoms with Crippen LogP contribution in [0.25, 0.3) is 0 Å². The summed E-state index contributed by atoms with van der Waals surface area (Å²) in [6.45, 7) is 17.0. The normalized spacial score (nSPS) is 12.8. The second-order valence-corrected chi connectivity index (χ2v) is 5.27. The number of unbranched alkanes of at least 4 members (excludes halogenated alkanes) is 1. The summed E-state index contributed by atoms with van der Waals surface area (Å²) in [6.07, 6.45) is 9.74. The monoisotopic (exact) mass is 280 g/mol. The van der Waals surface area contributed by atoms with Crippen molar-refractivity contribution < 1.29 is 0 Å². The molecule has 0 saturated heterocycles. The molecular formula is C16H28N2S. The summed E-state index contributed by atoms with van der Waals surface area (Å²) in [5.74, 6) is 0. The SMILES string of the molecule is C=CCCCN(CCC)CC(=C/C)/C(=C\C)SN=C. The maximum Gasteiger partial charge on any atom is 0.0304 e. The maximum atomic E-state index is 3.93. The van der Waals surface area contributed by atoms with Crippen LogP contribution in [0.5, 0.6) is 0 Å². The van der Waals surface area contributed by atoms with E-state index in [4.69, 9.17) is 0 Å². The van der Waals surface area contributed by atoms with Crippen LogP contribution in [0, 0.1) is 0 Å². The highest BCUT2D eigenvalue weighted by Gasteiger charge is 2.10. The summed E-state index contributed by atoms with van der Waals surface area (Å²) in [7, 11) is 0. The van der Waals surface area contributed by atoms with Crippen LogP contribution >= 0.6 is 11.9 Å². The summed E-state index contributed by atoms with van der Waals surface area (Å²) in [6, 6.07) is 0. The first-order valence-corrected chi connectivity index (χ1v) is 7.78. The van der Waals surface area contributed by atoms with Crippen LogP contribution < -0.4 is 0 Å². The van der Waals surface area contributed by atoms with Crippen LogP contribution in [0.1, 0.15) is 40.0 Å². The molecule has 0 fully saturated rings. The second-order valence-electron chi connectivity index (χ2n) is 4.39. The number of hydrogen-bond donors (Lipinski definition) is 0. The fraction of sp³-hybridized carbons (Fsp3) is 0.562. The molecule has 0 aromatic rings. The Balaban J connectivity index is 4.59. The largest absolute Gasteiger partial charge is 0.299 e. The van der Waals surface area contributed by atoms with Gasteiger partial charge in [-0.15, -0.1) is 6.58 Å². The molecule has 0 unspecified atom stereocenters. The third kappa shape index (κ3) is 8.06. The minimum absolute atomic E-state index is 0.990. The summed E-state index contributed by atoms with van der Waals surface area (Å²) < 4.78 is 3.93. The summed E-state index contributed by atoms with van der Waals surface area (Å²) in [5.41, 5.74) is 1.34. The molecule has 0 aliphatic carbocycles. The Morgan fingerprint density at radius 1 is 1.26 bits per heavy atom. The van der Waals surface area contributed by atoms with E-state index in [1.54, 1.807) is 0 Å². The van der Waals surface area contributed by atoms with E-state index < -0.39 is 0 Å². The van der Waals surface area contributed by atoms with Crippen molar-refractivity contribution in [3.05, 3.63) is 35.3 Å². The molecule has 0 amide bonds. The van der Waals surface area contributed by atoms with Gasteiger partial charge in [0.25, 0.3) is 0 Å². The lowest BCUT2D eigenvalue weighted by Crippen LogP contribution is -2.28. The van der Waals surface area contributed by atoms with Crippen molar-refractivity contribution in [3.63, 3.8) is 0 Å². The topological polar surface area (TPSA) is 15.6 Å². The lowest BCUT2D eigenvalue weighted by Gasteiger charge is -2.23. The maximum absolute atomic E-state index is 3.93.